The molecule has 2 amide bonds. The first-order valence-corrected chi connectivity index (χ1v) is 12.3. The lowest BCUT2D eigenvalue weighted by atomic mass is 10.2. The number of hydrogen-bond acceptors (Lipinski definition) is 5. The Balaban J connectivity index is 1.91. The quantitative estimate of drug-likeness (QED) is 0.411. The summed E-state index contributed by atoms with van der Waals surface area (Å²) in [5.41, 5.74) is -0.0693. The smallest absolute Gasteiger partial charge is 0.337 e. The minimum atomic E-state index is -0.698. The van der Waals surface area contributed by atoms with E-state index < -0.39 is 29.5 Å². The van der Waals surface area contributed by atoms with E-state index in [0.717, 1.165) is 15.9 Å². The number of anilines is 1. The minimum absolute atomic E-state index is 0.216. The van der Waals surface area contributed by atoms with Crippen LogP contribution in [0.15, 0.2) is 64.2 Å². The molecule has 0 bridgehead atoms. The SMILES string of the molecule is CCN(CC)C(=O)c1sc2c(c1C)c(=O)n(-c1ccccc1)c(=O)n2CC(=O)Nc1ccc(F)cc1. The van der Waals surface area contributed by atoms with Crippen LogP contribution < -0.4 is 16.6 Å². The topological polar surface area (TPSA) is 93.4 Å². The second-order valence-electron chi connectivity index (χ2n) is 8.11. The van der Waals surface area contributed by atoms with Crippen LogP contribution in [0, 0.1) is 12.7 Å². The average Bonchev–Trinajstić information content (AvgIpc) is 3.22. The summed E-state index contributed by atoms with van der Waals surface area (Å²) < 4.78 is 15.5. The Bertz CT molecular complexity index is 1550. The number of fused-ring (bicyclic) bond motifs is 1. The number of hydrogen-bond donors (Lipinski definition) is 1. The van der Waals surface area contributed by atoms with Crippen molar-refractivity contribution in [3.8, 4) is 5.69 Å². The standard InChI is InChI=1S/C26H25FN4O4S/c1-4-29(5-2)24(34)22-16(3)21-23(33)31(19-9-7-6-8-10-19)26(35)30(25(21)36-22)15-20(32)28-18-13-11-17(27)12-14-18/h6-14H,4-5,15H2,1-3H3,(H,28,32). The van der Waals surface area contributed by atoms with Crippen LogP contribution >= 0.6 is 11.3 Å². The normalized spacial score (nSPS) is 11.0. The molecule has 0 aliphatic rings. The molecule has 0 atom stereocenters. The molecule has 0 aliphatic carbocycles. The highest BCUT2D eigenvalue weighted by Gasteiger charge is 2.26. The Morgan fingerprint density at radius 2 is 1.64 bits per heavy atom. The van der Waals surface area contributed by atoms with Crippen molar-refractivity contribution in [3.05, 3.63) is 91.7 Å². The summed E-state index contributed by atoms with van der Waals surface area (Å²) in [7, 11) is 0. The van der Waals surface area contributed by atoms with E-state index >= 15 is 0 Å². The molecule has 0 radical (unpaired) electrons. The molecule has 186 valence electrons. The summed E-state index contributed by atoms with van der Waals surface area (Å²) >= 11 is 1.03. The summed E-state index contributed by atoms with van der Waals surface area (Å²) in [6.45, 7) is 5.98. The van der Waals surface area contributed by atoms with E-state index in [1.165, 1.54) is 28.8 Å². The number of nitrogens with zero attached hydrogens (tertiary/aromatic N) is 3. The molecule has 36 heavy (non-hydrogen) atoms. The highest BCUT2D eigenvalue weighted by Crippen LogP contribution is 2.29. The van der Waals surface area contributed by atoms with Gasteiger partial charge in [0.15, 0.2) is 0 Å². The van der Waals surface area contributed by atoms with Crippen LogP contribution in [0.4, 0.5) is 10.1 Å². The number of benzene rings is 2. The van der Waals surface area contributed by atoms with Crippen LogP contribution in [0.25, 0.3) is 15.9 Å². The zero-order chi connectivity index (χ0) is 26.0. The third kappa shape index (κ3) is 4.59. The van der Waals surface area contributed by atoms with Gasteiger partial charge in [-0.05, 0) is 62.7 Å². The van der Waals surface area contributed by atoms with E-state index in [9.17, 15) is 23.6 Å². The Hall–Kier alpha value is -4.05. The third-order valence-corrected chi connectivity index (χ3v) is 7.20. The number of carbonyl (C=O) groups is 2. The first-order valence-electron chi connectivity index (χ1n) is 11.5. The van der Waals surface area contributed by atoms with Crippen molar-refractivity contribution in [1.29, 1.82) is 0 Å². The summed E-state index contributed by atoms with van der Waals surface area (Å²) in [6, 6.07) is 13.7. The number of rotatable bonds is 7. The van der Waals surface area contributed by atoms with E-state index in [0.29, 0.717) is 34.9 Å². The first-order chi connectivity index (χ1) is 17.3. The fourth-order valence-electron chi connectivity index (χ4n) is 4.03. The molecular weight excluding hydrogens is 483 g/mol. The fraction of sp³-hybridized carbons (Fsp3) is 0.231. The number of nitrogens with one attached hydrogen (secondary N) is 1. The molecule has 1 N–H and O–H groups in total. The van der Waals surface area contributed by atoms with Crippen molar-refractivity contribution >= 4 is 39.1 Å². The number of aromatic nitrogens is 2. The van der Waals surface area contributed by atoms with Crippen molar-refractivity contribution in [2.45, 2.75) is 27.3 Å². The number of aryl methyl sites for hydroxylation is 1. The van der Waals surface area contributed by atoms with E-state index in [1.807, 2.05) is 13.8 Å². The predicted octanol–water partition coefficient (Wildman–Crippen LogP) is 3.78. The number of carbonyl (C=O) groups excluding carboxylic acids is 2. The summed E-state index contributed by atoms with van der Waals surface area (Å²) in [5.74, 6) is -1.22. The maximum Gasteiger partial charge on any atom is 0.337 e. The van der Waals surface area contributed by atoms with Crippen LogP contribution in [0.2, 0.25) is 0 Å². The Morgan fingerprint density at radius 3 is 2.25 bits per heavy atom. The summed E-state index contributed by atoms with van der Waals surface area (Å²) in [4.78, 5) is 55.5. The molecule has 2 aromatic heterocycles. The lowest BCUT2D eigenvalue weighted by Gasteiger charge is -2.17. The van der Waals surface area contributed by atoms with Crippen LogP contribution in [0.3, 0.4) is 0 Å². The van der Waals surface area contributed by atoms with Gasteiger partial charge in [-0.2, -0.15) is 0 Å². The van der Waals surface area contributed by atoms with Crippen LogP contribution in [0.5, 0.6) is 0 Å². The predicted molar refractivity (Wildman–Crippen MR) is 139 cm³/mol. The van der Waals surface area contributed by atoms with Gasteiger partial charge in [-0.3, -0.25) is 19.0 Å². The number of amides is 2. The van der Waals surface area contributed by atoms with E-state index in [1.54, 1.807) is 42.2 Å². The molecule has 0 saturated carbocycles. The molecule has 2 aromatic carbocycles. The first kappa shape index (κ1) is 25.1. The summed E-state index contributed by atoms with van der Waals surface area (Å²) in [5, 5.41) is 2.86. The van der Waals surface area contributed by atoms with Crippen LogP contribution in [-0.2, 0) is 11.3 Å². The second-order valence-corrected chi connectivity index (χ2v) is 9.11. The van der Waals surface area contributed by atoms with E-state index in [2.05, 4.69) is 5.32 Å². The highest BCUT2D eigenvalue weighted by molar-refractivity contribution is 7.20. The van der Waals surface area contributed by atoms with Gasteiger partial charge >= 0.3 is 5.69 Å². The van der Waals surface area contributed by atoms with Gasteiger partial charge in [0.25, 0.3) is 11.5 Å². The van der Waals surface area contributed by atoms with Gasteiger partial charge in [-0.25, -0.2) is 13.8 Å². The van der Waals surface area contributed by atoms with Crippen molar-refractivity contribution in [1.82, 2.24) is 14.0 Å². The third-order valence-electron chi connectivity index (χ3n) is 5.90. The van der Waals surface area contributed by atoms with Crippen LogP contribution in [0.1, 0.15) is 29.1 Å². The molecule has 4 rings (SSSR count). The molecule has 0 spiro atoms. The van der Waals surface area contributed by atoms with Gasteiger partial charge in [-0.1, -0.05) is 18.2 Å². The Labute approximate surface area is 210 Å². The van der Waals surface area contributed by atoms with Gasteiger partial charge in [0, 0.05) is 18.8 Å². The average molecular weight is 509 g/mol. The molecule has 0 fully saturated rings. The molecule has 0 saturated heterocycles. The van der Waals surface area contributed by atoms with Crippen LogP contribution in [-0.4, -0.2) is 38.9 Å². The molecule has 0 aliphatic heterocycles. The van der Waals surface area contributed by atoms with Gasteiger partial charge in [0.1, 0.15) is 17.2 Å². The van der Waals surface area contributed by atoms with Gasteiger partial charge in [0.05, 0.1) is 16.0 Å². The number of halogens is 1. The number of thiophene rings is 1. The van der Waals surface area contributed by atoms with Crippen molar-refractivity contribution in [2.75, 3.05) is 18.4 Å². The largest absolute Gasteiger partial charge is 0.338 e. The molecule has 2 heterocycles. The lowest BCUT2D eigenvalue weighted by molar-refractivity contribution is -0.116. The van der Waals surface area contributed by atoms with E-state index in [4.69, 9.17) is 0 Å². The maximum absolute atomic E-state index is 13.6. The van der Waals surface area contributed by atoms with Gasteiger partial charge in [-0.15, -0.1) is 11.3 Å². The van der Waals surface area contributed by atoms with Crippen molar-refractivity contribution in [3.63, 3.8) is 0 Å². The Kier molecular flexibility index (Phi) is 7.16. The fourth-order valence-corrected chi connectivity index (χ4v) is 5.29. The monoisotopic (exact) mass is 508 g/mol. The molecular formula is C26H25FN4O4S. The van der Waals surface area contributed by atoms with Crippen molar-refractivity contribution in [2.24, 2.45) is 0 Å². The minimum Gasteiger partial charge on any atom is -0.338 e. The van der Waals surface area contributed by atoms with E-state index in [-0.39, 0.29) is 16.1 Å². The highest BCUT2D eigenvalue weighted by atomic mass is 32.1. The molecule has 0 unspecified atom stereocenters. The molecule has 4 aromatic rings. The van der Waals surface area contributed by atoms with Crippen molar-refractivity contribution < 1.29 is 14.0 Å². The number of para-hydroxylation sites is 1. The van der Waals surface area contributed by atoms with Gasteiger partial charge in [0.2, 0.25) is 5.91 Å². The Morgan fingerprint density at radius 1 is 1.00 bits per heavy atom. The van der Waals surface area contributed by atoms with Gasteiger partial charge < -0.3 is 10.2 Å². The maximum atomic E-state index is 13.6. The second kappa shape index (κ2) is 10.3. The molecule has 10 heteroatoms. The molecule has 8 nitrogen and oxygen atoms in total. The zero-order valence-electron chi connectivity index (χ0n) is 20.1. The lowest BCUT2D eigenvalue weighted by Crippen LogP contribution is -2.40. The zero-order valence-corrected chi connectivity index (χ0v) is 20.9. The summed E-state index contributed by atoms with van der Waals surface area (Å²) in [6.07, 6.45) is 0.